The molecule has 3 N–H and O–H groups in total. The monoisotopic (exact) mass is 510 g/mol. The fraction of sp³-hybridized carbons (Fsp3) is 0.611. The van der Waals surface area contributed by atoms with Gasteiger partial charge in [0.1, 0.15) is 0 Å². The largest absolute Gasteiger partial charge is 0.393 e. The number of nitrogens with zero attached hydrogens (tertiary/aromatic N) is 2. The first kappa shape index (κ1) is 24.1. The fourth-order valence-corrected chi connectivity index (χ4v) is 4.09. The number of aliphatic imine (C=N–C) groups is 1. The molecule has 1 fully saturated rings. The average molecular weight is 510 g/mol. The van der Waals surface area contributed by atoms with E-state index in [0.717, 1.165) is 32.2 Å². The number of aliphatic hydroxyl groups is 1. The molecule has 0 unspecified atom stereocenters. The van der Waals surface area contributed by atoms with Gasteiger partial charge in [0.05, 0.1) is 17.5 Å². The summed E-state index contributed by atoms with van der Waals surface area (Å²) in [7, 11) is -0.453. The van der Waals surface area contributed by atoms with E-state index in [-0.39, 0.29) is 47.6 Å². The van der Waals surface area contributed by atoms with Crippen molar-refractivity contribution in [1.82, 2.24) is 14.9 Å². The standard InChI is InChI=1S/C18H30N4O3S.HI/c1-4-19-18(21-15-9-11-16(23)12-10-15)20-13-14-7-5-6-8-17(14)26(24,25)22(2)3;/h5-8,15-16,23H,4,9-13H2,1-3H3,(H2,19,20,21);1H. The van der Waals surface area contributed by atoms with Gasteiger partial charge in [0, 0.05) is 26.7 Å². The molecule has 1 aromatic rings. The summed E-state index contributed by atoms with van der Waals surface area (Å²) in [6.07, 6.45) is 3.19. The number of rotatable bonds is 6. The van der Waals surface area contributed by atoms with Crippen LogP contribution in [0.2, 0.25) is 0 Å². The lowest BCUT2D eigenvalue weighted by atomic mass is 9.93. The maximum atomic E-state index is 12.5. The maximum Gasteiger partial charge on any atom is 0.242 e. The van der Waals surface area contributed by atoms with Crippen LogP contribution in [0.15, 0.2) is 34.2 Å². The highest BCUT2D eigenvalue weighted by Crippen LogP contribution is 2.20. The highest BCUT2D eigenvalue weighted by atomic mass is 127. The number of aliphatic hydroxyl groups excluding tert-OH is 1. The minimum absolute atomic E-state index is 0. The molecule has 2 rings (SSSR count). The van der Waals surface area contributed by atoms with Gasteiger partial charge >= 0.3 is 0 Å². The predicted octanol–water partition coefficient (Wildman–Crippen LogP) is 1.91. The summed E-state index contributed by atoms with van der Waals surface area (Å²) < 4.78 is 26.2. The van der Waals surface area contributed by atoms with Gasteiger partial charge in [-0.15, -0.1) is 24.0 Å². The van der Waals surface area contributed by atoms with Crippen molar-refractivity contribution in [1.29, 1.82) is 0 Å². The van der Waals surface area contributed by atoms with Crippen LogP contribution in [-0.2, 0) is 16.6 Å². The normalized spacial score (nSPS) is 20.9. The van der Waals surface area contributed by atoms with Gasteiger partial charge < -0.3 is 15.7 Å². The van der Waals surface area contributed by atoms with Crippen molar-refractivity contribution < 1.29 is 13.5 Å². The first-order chi connectivity index (χ1) is 12.3. The van der Waals surface area contributed by atoms with E-state index in [0.29, 0.717) is 11.5 Å². The number of nitrogens with one attached hydrogen (secondary N) is 2. The van der Waals surface area contributed by atoms with Crippen LogP contribution in [0.1, 0.15) is 38.2 Å². The quantitative estimate of drug-likeness (QED) is 0.309. The Balaban J connectivity index is 0.00000364. The number of guanidine groups is 1. The molecule has 0 amide bonds. The Hall–Kier alpha value is -0.910. The van der Waals surface area contributed by atoms with Crippen molar-refractivity contribution in [3.8, 4) is 0 Å². The molecule has 0 saturated heterocycles. The summed E-state index contributed by atoms with van der Waals surface area (Å²) in [5.41, 5.74) is 0.664. The summed E-state index contributed by atoms with van der Waals surface area (Å²) in [5, 5.41) is 16.2. The van der Waals surface area contributed by atoms with Gasteiger partial charge in [-0.3, -0.25) is 0 Å². The van der Waals surface area contributed by atoms with Crippen molar-refractivity contribution in [2.24, 2.45) is 4.99 Å². The number of hydrogen-bond acceptors (Lipinski definition) is 4. The van der Waals surface area contributed by atoms with E-state index in [1.165, 1.54) is 18.4 Å². The van der Waals surface area contributed by atoms with Crippen molar-refractivity contribution in [2.45, 2.75) is 56.2 Å². The van der Waals surface area contributed by atoms with Crippen molar-refractivity contribution in [3.05, 3.63) is 29.8 Å². The summed E-state index contributed by atoms with van der Waals surface area (Å²) in [6, 6.07) is 7.23. The minimum Gasteiger partial charge on any atom is -0.393 e. The van der Waals surface area contributed by atoms with Crippen LogP contribution in [0.25, 0.3) is 0 Å². The van der Waals surface area contributed by atoms with Crippen LogP contribution in [0, 0.1) is 0 Å². The summed E-state index contributed by atoms with van der Waals surface area (Å²) in [6.45, 7) is 2.99. The Labute approximate surface area is 179 Å². The molecule has 1 aromatic carbocycles. The van der Waals surface area contributed by atoms with Crippen LogP contribution >= 0.6 is 24.0 Å². The van der Waals surface area contributed by atoms with Crippen LogP contribution < -0.4 is 10.6 Å². The Morgan fingerprint density at radius 3 is 2.44 bits per heavy atom. The van der Waals surface area contributed by atoms with E-state index in [2.05, 4.69) is 15.6 Å². The lowest BCUT2D eigenvalue weighted by molar-refractivity contribution is 0.120. The molecule has 0 spiro atoms. The topological polar surface area (TPSA) is 94.0 Å². The average Bonchev–Trinajstić information content (AvgIpc) is 2.62. The van der Waals surface area contributed by atoms with Crippen molar-refractivity contribution >= 4 is 40.0 Å². The fourth-order valence-electron chi connectivity index (χ4n) is 2.98. The van der Waals surface area contributed by atoms with E-state index in [1.807, 2.05) is 13.0 Å². The minimum atomic E-state index is -3.51. The highest BCUT2D eigenvalue weighted by Gasteiger charge is 2.22. The van der Waals surface area contributed by atoms with Gasteiger partial charge in [-0.2, -0.15) is 0 Å². The number of sulfonamides is 1. The third kappa shape index (κ3) is 6.88. The Bertz CT molecular complexity index is 717. The van der Waals surface area contributed by atoms with E-state index in [1.54, 1.807) is 18.2 Å². The van der Waals surface area contributed by atoms with Gasteiger partial charge in [0.2, 0.25) is 10.0 Å². The molecule has 0 heterocycles. The summed E-state index contributed by atoms with van der Waals surface area (Å²) in [5.74, 6) is 0.672. The Kier molecular flexibility index (Phi) is 9.99. The number of benzene rings is 1. The molecule has 0 atom stereocenters. The van der Waals surface area contributed by atoms with Crippen LogP contribution in [0.4, 0.5) is 0 Å². The highest BCUT2D eigenvalue weighted by molar-refractivity contribution is 14.0. The Morgan fingerprint density at radius 2 is 1.85 bits per heavy atom. The second-order valence-electron chi connectivity index (χ2n) is 6.74. The smallest absolute Gasteiger partial charge is 0.242 e. The number of halogens is 1. The molecule has 0 aromatic heterocycles. The second kappa shape index (κ2) is 11.2. The zero-order valence-corrected chi connectivity index (χ0v) is 19.3. The van der Waals surface area contributed by atoms with Crippen LogP contribution in [0.3, 0.4) is 0 Å². The maximum absolute atomic E-state index is 12.5. The molecule has 0 aliphatic heterocycles. The molecular weight excluding hydrogens is 479 g/mol. The predicted molar refractivity (Wildman–Crippen MR) is 119 cm³/mol. The van der Waals surface area contributed by atoms with Gasteiger partial charge in [-0.1, -0.05) is 18.2 Å². The van der Waals surface area contributed by atoms with Gasteiger partial charge in [-0.25, -0.2) is 17.7 Å². The second-order valence-corrected chi connectivity index (χ2v) is 8.86. The third-order valence-corrected chi connectivity index (χ3v) is 6.44. The molecular formula is C18H31IN4O3S. The molecule has 154 valence electrons. The molecule has 27 heavy (non-hydrogen) atoms. The summed E-state index contributed by atoms with van der Waals surface area (Å²) >= 11 is 0. The lowest BCUT2D eigenvalue weighted by Gasteiger charge is -2.27. The molecule has 0 radical (unpaired) electrons. The van der Waals surface area contributed by atoms with E-state index in [4.69, 9.17) is 0 Å². The first-order valence-electron chi connectivity index (χ1n) is 9.08. The first-order valence-corrected chi connectivity index (χ1v) is 10.5. The number of hydrogen-bond donors (Lipinski definition) is 3. The third-order valence-electron chi connectivity index (χ3n) is 4.52. The zero-order valence-electron chi connectivity index (χ0n) is 16.2. The summed E-state index contributed by atoms with van der Waals surface area (Å²) in [4.78, 5) is 4.86. The van der Waals surface area contributed by atoms with Crippen LogP contribution in [-0.4, -0.2) is 56.6 Å². The molecule has 9 heteroatoms. The lowest BCUT2D eigenvalue weighted by Crippen LogP contribution is -2.45. The van der Waals surface area contributed by atoms with Gasteiger partial charge in [0.15, 0.2) is 5.96 Å². The Morgan fingerprint density at radius 1 is 1.22 bits per heavy atom. The van der Waals surface area contributed by atoms with Gasteiger partial charge in [0.25, 0.3) is 0 Å². The van der Waals surface area contributed by atoms with Crippen LogP contribution in [0.5, 0.6) is 0 Å². The molecule has 1 saturated carbocycles. The van der Waals surface area contributed by atoms with E-state index < -0.39 is 10.0 Å². The molecule has 0 bridgehead atoms. The molecule has 7 nitrogen and oxygen atoms in total. The van der Waals surface area contributed by atoms with E-state index >= 15 is 0 Å². The van der Waals surface area contributed by atoms with Gasteiger partial charge in [-0.05, 0) is 44.2 Å². The molecule has 1 aliphatic rings. The van der Waals surface area contributed by atoms with Crippen molar-refractivity contribution in [2.75, 3.05) is 20.6 Å². The zero-order chi connectivity index (χ0) is 19.2. The molecule has 1 aliphatic carbocycles. The van der Waals surface area contributed by atoms with E-state index in [9.17, 15) is 13.5 Å². The van der Waals surface area contributed by atoms with Crippen molar-refractivity contribution in [3.63, 3.8) is 0 Å². The SMILES string of the molecule is CCNC(=NCc1ccccc1S(=O)(=O)N(C)C)NC1CCC(O)CC1.I.